The summed E-state index contributed by atoms with van der Waals surface area (Å²) >= 11 is 1.26. The summed E-state index contributed by atoms with van der Waals surface area (Å²) in [6.07, 6.45) is 1.04. The van der Waals surface area contributed by atoms with E-state index in [0.717, 1.165) is 0 Å². The SMILES string of the molecule is CN(CCCO)C(=O)NCCc1nc(C(=O)O)cs1. The molecule has 2 amide bonds. The Balaban J connectivity index is 2.29. The van der Waals surface area contributed by atoms with Crippen molar-refractivity contribution >= 4 is 23.3 Å². The van der Waals surface area contributed by atoms with Crippen molar-refractivity contribution in [3.63, 3.8) is 0 Å². The maximum Gasteiger partial charge on any atom is 0.355 e. The normalized spacial score (nSPS) is 10.2. The van der Waals surface area contributed by atoms with Gasteiger partial charge < -0.3 is 20.4 Å². The number of carboxylic acids is 1. The highest BCUT2D eigenvalue weighted by Crippen LogP contribution is 2.09. The number of hydrogen-bond donors (Lipinski definition) is 3. The summed E-state index contributed by atoms with van der Waals surface area (Å²) in [4.78, 5) is 27.6. The Morgan fingerprint density at radius 2 is 2.26 bits per heavy atom. The summed E-state index contributed by atoms with van der Waals surface area (Å²) in [5.41, 5.74) is 0.0337. The lowest BCUT2D eigenvalue weighted by Crippen LogP contribution is -2.38. The zero-order chi connectivity index (χ0) is 14.3. The lowest BCUT2D eigenvalue weighted by atomic mass is 10.4. The Kier molecular flexibility index (Phi) is 6.23. The van der Waals surface area contributed by atoms with Crippen LogP contribution in [-0.4, -0.2) is 58.8 Å². The number of thiazole rings is 1. The second-order valence-corrected chi connectivity index (χ2v) is 4.85. The summed E-state index contributed by atoms with van der Waals surface area (Å²) in [5.74, 6) is -1.05. The number of carbonyl (C=O) groups excluding carboxylic acids is 1. The van der Waals surface area contributed by atoms with Gasteiger partial charge in [-0.25, -0.2) is 14.6 Å². The quantitative estimate of drug-likeness (QED) is 0.674. The molecule has 19 heavy (non-hydrogen) atoms. The highest BCUT2D eigenvalue weighted by molar-refractivity contribution is 7.09. The van der Waals surface area contributed by atoms with Crippen LogP contribution in [0.2, 0.25) is 0 Å². The number of urea groups is 1. The number of rotatable bonds is 7. The monoisotopic (exact) mass is 287 g/mol. The van der Waals surface area contributed by atoms with E-state index in [-0.39, 0.29) is 18.3 Å². The number of amides is 2. The molecule has 1 heterocycles. The summed E-state index contributed by atoms with van der Waals surface area (Å²) in [5, 5.41) is 22.2. The summed E-state index contributed by atoms with van der Waals surface area (Å²) in [6.45, 7) is 0.937. The molecule has 8 heteroatoms. The lowest BCUT2D eigenvalue weighted by molar-refractivity contribution is 0.0691. The highest BCUT2D eigenvalue weighted by atomic mass is 32.1. The van der Waals surface area contributed by atoms with Gasteiger partial charge in [0.1, 0.15) is 0 Å². The molecule has 0 unspecified atom stereocenters. The van der Waals surface area contributed by atoms with Crippen molar-refractivity contribution in [2.45, 2.75) is 12.8 Å². The molecule has 0 fully saturated rings. The minimum atomic E-state index is -1.05. The topological polar surface area (TPSA) is 103 Å². The van der Waals surface area contributed by atoms with E-state index in [1.165, 1.54) is 21.6 Å². The largest absolute Gasteiger partial charge is 0.476 e. The Morgan fingerprint density at radius 3 is 2.84 bits per heavy atom. The van der Waals surface area contributed by atoms with Gasteiger partial charge in [-0.3, -0.25) is 0 Å². The third kappa shape index (κ3) is 5.23. The number of aliphatic hydroxyl groups excluding tert-OH is 1. The molecular weight excluding hydrogens is 270 g/mol. The van der Waals surface area contributed by atoms with E-state index in [1.807, 2.05) is 0 Å². The third-order valence-corrected chi connectivity index (χ3v) is 3.29. The van der Waals surface area contributed by atoms with Crippen LogP contribution in [0, 0.1) is 0 Å². The maximum atomic E-state index is 11.6. The summed E-state index contributed by atoms with van der Waals surface area (Å²) in [6, 6.07) is -0.219. The minimum Gasteiger partial charge on any atom is -0.476 e. The van der Waals surface area contributed by atoms with Crippen molar-refractivity contribution in [3.8, 4) is 0 Å². The van der Waals surface area contributed by atoms with Gasteiger partial charge in [-0.1, -0.05) is 0 Å². The van der Waals surface area contributed by atoms with Gasteiger partial charge in [0.2, 0.25) is 0 Å². The van der Waals surface area contributed by atoms with Gasteiger partial charge in [-0.15, -0.1) is 11.3 Å². The molecule has 1 aromatic rings. The van der Waals surface area contributed by atoms with Gasteiger partial charge in [0.25, 0.3) is 0 Å². The van der Waals surface area contributed by atoms with E-state index in [2.05, 4.69) is 10.3 Å². The van der Waals surface area contributed by atoms with Crippen molar-refractivity contribution in [2.75, 3.05) is 26.7 Å². The molecular formula is C11H17N3O4S. The van der Waals surface area contributed by atoms with Gasteiger partial charge in [0.05, 0.1) is 5.01 Å². The molecule has 3 N–H and O–H groups in total. The number of aromatic carboxylic acids is 1. The Hall–Kier alpha value is -1.67. The summed E-state index contributed by atoms with van der Waals surface area (Å²) in [7, 11) is 1.65. The van der Waals surface area contributed by atoms with Crippen molar-refractivity contribution < 1.29 is 19.8 Å². The van der Waals surface area contributed by atoms with Gasteiger partial charge in [-0.2, -0.15) is 0 Å². The van der Waals surface area contributed by atoms with E-state index >= 15 is 0 Å². The molecule has 0 bridgehead atoms. The number of nitrogens with one attached hydrogen (secondary N) is 1. The second kappa shape index (κ2) is 7.70. The predicted molar refractivity (Wildman–Crippen MR) is 70.5 cm³/mol. The second-order valence-electron chi connectivity index (χ2n) is 3.91. The molecule has 7 nitrogen and oxygen atoms in total. The molecule has 0 aliphatic heterocycles. The van der Waals surface area contributed by atoms with Crippen molar-refractivity contribution in [1.29, 1.82) is 0 Å². The molecule has 106 valence electrons. The highest BCUT2D eigenvalue weighted by Gasteiger charge is 2.10. The molecule has 1 rings (SSSR count). The number of carbonyl (C=O) groups is 2. The first-order valence-electron chi connectivity index (χ1n) is 5.82. The fourth-order valence-corrected chi connectivity index (χ4v) is 2.12. The molecule has 1 aromatic heterocycles. The van der Waals surface area contributed by atoms with Crippen molar-refractivity contribution in [1.82, 2.24) is 15.2 Å². The predicted octanol–water partition coefficient (Wildman–Crippen LogP) is 0.408. The fraction of sp³-hybridized carbons (Fsp3) is 0.545. The van der Waals surface area contributed by atoms with E-state index in [4.69, 9.17) is 10.2 Å². The molecule has 0 aliphatic carbocycles. The first-order chi connectivity index (χ1) is 9.04. The first-order valence-corrected chi connectivity index (χ1v) is 6.70. The number of aliphatic hydroxyl groups is 1. The molecule has 0 aromatic carbocycles. The summed E-state index contributed by atoms with van der Waals surface area (Å²) < 4.78 is 0. The zero-order valence-corrected chi connectivity index (χ0v) is 11.4. The van der Waals surface area contributed by atoms with Crippen LogP contribution in [0.5, 0.6) is 0 Å². The minimum absolute atomic E-state index is 0.0337. The van der Waals surface area contributed by atoms with Gasteiger partial charge >= 0.3 is 12.0 Å². The number of carboxylic acid groups (broad SMARTS) is 1. The fourth-order valence-electron chi connectivity index (χ4n) is 1.34. The number of aromatic nitrogens is 1. The Labute approximate surface area is 114 Å². The van der Waals surface area contributed by atoms with Crippen LogP contribution >= 0.6 is 11.3 Å². The molecule has 0 radical (unpaired) electrons. The molecule has 0 spiro atoms. The van der Waals surface area contributed by atoms with Crippen LogP contribution < -0.4 is 5.32 Å². The van der Waals surface area contributed by atoms with Crippen molar-refractivity contribution in [2.24, 2.45) is 0 Å². The molecule has 0 saturated heterocycles. The first kappa shape index (κ1) is 15.4. The zero-order valence-electron chi connectivity index (χ0n) is 10.6. The molecule has 0 saturated carbocycles. The van der Waals surface area contributed by atoms with Gasteiger partial charge in [0.15, 0.2) is 5.69 Å². The van der Waals surface area contributed by atoms with Crippen LogP contribution in [0.1, 0.15) is 21.9 Å². The average Bonchev–Trinajstić information content (AvgIpc) is 2.84. The Morgan fingerprint density at radius 1 is 1.53 bits per heavy atom. The van der Waals surface area contributed by atoms with Crippen LogP contribution in [0.4, 0.5) is 4.79 Å². The molecule has 0 aliphatic rings. The van der Waals surface area contributed by atoms with Gasteiger partial charge in [-0.05, 0) is 6.42 Å². The van der Waals surface area contributed by atoms with Crippen LogP contribution in [0.15, 0.2) is 5.38 Å². The number of hydrogen-bond acceptors (Lipinski definition) is 5. The number of nitrogens with zero attached hydrogens (tertiary/aromatic N) is 2. The standard InChI is InChI=1S/C11H17N3O4S/c1-14(5-2-6-15)11(18)12-4-3-9-13-8(7-19-9)10(16)17/h7,15H,2-6H2,1H3,(H,12,18)(H,16,17). The van der Waals surface area contributed by atoms with E-state index in [9.17, 15) is 9.59 Å². The third-order valence-electron chi connectivity index (χ3n) is 2.38. The van der Waals surface area contributed by atoms with Crippen molar-refractivity contribution in [3.05, 3.63) is 16.1 Å². The van der Waals surface area contributed by atoms with Gasteiger partial charge in [0, 0.05) is 38.5 Å². The van der Waals surface area contributed by atoms with E-state index in [0.29, 0.717) is 30.9 Å². The molecule has 0 atom stereocenters. The lowest BCUT2D eigenvalue weighted by Gasteiger charge is -2.16. The smallest absolute Gasteiger partial charge is 0.355 e. The van der Waals surface area contributed by atoms with Crippen LogP contribution in [0.25, 0.3) is 0 Å². The van der Waals surface area contributed by atoms with E-state index in [1.54, 1.807) is 7.05 Å². The Bertz CT molecular complexity index is 435. The van der Waals surface area contributed by atoms with Crippen LogP contribution in [0.3, 0.4) is 0 Å². The van der Waals surface area contributed by atoms with E-state index < -0.39 is 5.97 Å². The van der Waals surface area contributed by atoms with Crippen LogP contribution in [-0.2, 0) is 6.42 Å². The maximum absolute atomic E-state index is 11.6. The average molecular weight is 287 g/mol.